The van der Waals surface area contributed by atoms with Gasteiger partial charge in [0.15, 0.2) is 0 Å². The molecule has 1 aliphatic rings. The van der Waals surface area contributed by atoms with E-state index in [1.165, 1.54) is 25.7 Å². The predicted molar refractivity (Wildman–Crippen MR) is 93.7 cm³/mol. The molecule has 124 valence electrons. The zero-order chi connectivity index (χ0) is 15.9. The molecule has 2 heterocycles. The number of aromatic nitrogens is 2. The highest BCUT2D eigenvalue weighted by atomic mass is 15.2. The minimum Gasteiger partial charge on any atom is -0.370 e. The van der Waals surface area contributed by atoms with Gasteiger partial charge in [-0.25, -0.2) is 9.97 Å². The van der Waals surface area contributed by atoms with Crippen molar-refractivity contribution in [3.05, 3.63) is 11.9 Å². The summed E-state index contributed by atoms with van der Waals surface area (Å²) in [6, 6.07) is 2.75. The summed E-state index contributed by atoms with van der Waals surface area (Å²) in [7, 11) is 4.21. The fourth-order valence-corrected chi connectivity index (χ4v) is 3.13. The van der Waals surface area contributed by atoms with E-state index in [2.05, 4.69) is 52.2 Å². The predicted octanol–water partition coefficient (Wildman–Crippen LogP) is 2.92. The lowest BCUT2D eigenvalue weighted by Crippen LogP contribution is -2.39. The number of nitrogens with zero attached hydrogens (tertiary/aromatic N) is 4. The minimum absolute atomic E-state index is 0.629. The minimum atomic E-state index is 0.629. The van der Waals surface area contributed by atoms with Crippen molar-refractivity contribution in [3.63, 3.8) is 0 Å². The molecule has 1 N–H and O–H groups in total. The first kappa shape index (κ1) is 17.0. The summed E-state index contributed by atoms with van der Waals surface area (Å²) in [6.45, 7) is 7.42. The van der Waals surface area contributed by atoms with Crippen molar-refractivity contribution >= 4 is 11.6 Å². The summed E-state index contributed by atoms with van der Waals surface area (Å²) in [4.78, 5) is 13.9. The summed E-state index contributed by atoms with van der Waals surface area (Å²) in [6.07, 6.45) is 6.20. The van der Waals surface area contributed by atoms with Crippen molar-refractivity contribution in [1.82, 2.24) is 14.9 Å². The molecule has 1 saturated heterocycles. The van der Waals surface area contributed by atoms with Gasteiger partial charge in [0.25, 0.3) is 0 Å². The van der Waals surface area contributed by atoms with Gasteiger partial charge in [0.2, 0.25) is 0 Å². The van der Waals surface area contributed by atoms with Crippen LogP contribution in [0, 0.1) is 6.92 Å². The summed E-state index contributed by atoms with van der Waals surface area (Å²) in [5, 5.41) is 3.45. The molecule has 1 aliphatic heterocycles. The van der Waals surface area contributed by atoms with Gasteiger partial charge in [-0.05, 0) is 59.7 Å². The Balaban J connectivity index is 2.02. The Morgan fingerprint density at radius 1 is 1.32 bits per heavy atom. The van der Waals surface area contributed by atoms with Crippen LogP contribution in [-0.2, 0) is 0 Å². The Bertz CT molecular complexity index is 460. The number of aryl methyl sites for hydroxylation is 1. The lowest BCUT2D eigenvalue weighted by molar-refractivity contribution is 0.405. The molecule has 22 heavy (non-hydrogen) atoms. The third kappa shape index (κ3) is 4.83. The van der Waals surface area contributed by atoms with Crippen molar-refractivity contribution in [3.8, 4) is 0 Å². The first-order chi connectivity index (χ1) is 10.6. The maximum Gasteiger partial charge on any atom is 0.134 e. The molecule has 0 aromatic carbocycles. The largest absolute Gasteiger partial charge is 0.370 e. The average Bonchev–Trinajstić information content (AvgIpc) is 2.51. The Hall–Kier alpha value is -1.36. The van der Waals surface area contributed by atoms with Crippen molar-refractivity contribution in [1.29, 1.82) is 0 Å². The van der Waals surface area contributed by atoms with Crippen LogP contribution in [0.2, 0.25) is 0 Å². The van der Waals surface area contributed by atoms with Crippen molar-refractivity contribution < 1.29 is 0 Å². The van der Waals surface area contributed by atoms with Crippen LogP contribution in [0.5, 0.6) is 0 Å². The van der Waals surface area contributed by atoms with Gasteiger partial charge in [-0.1, -0.05) is 6.92 Å². The number of rotatable bonds is 7. The second-order valence-corrected chi connectivity index (χ2v) is 6.49. The van der Waals surface area contributed by atoms with E-state index in [9.17, 15) is 0 Å². The monoisotopic (exact) mass is 305 g/mol. The summed E-state index contributed by atoms with van der Waals surface area (Å²) < 4.78 is 0. The maximum atomic E-state index is 4.68. The van der Waals surface area contributed by atoms with Crippen molar-refractivity contribution in [2.24, 2.45) is 0 Å². The van der Waals surface area contributed by atoms with Crippen LogP contribution >= 0.6 is 0 Å². The van der Waals surface area contributed by atoms with Gasteiger partial charge < -0.3 is 15.1 Å². The highest BCUT2D eigenvalue weighted by molar-refractivity contribution is 5.50. The van der Waals surface area contributed by atoms with Gasteiger partial charge in [0.1, 0.15) is 17.5 Å². The first-order valence-electron chi connectivity index (χ1n) is 8.61. The number of hydrogen-bond acceptors (Lipinski definition) is 5. The second-order valence-electron chi connectivity index (χ2n) is 6.49. The van der Waals surface area contributed by atoms with Gasteiger partial charge >= 0.3 is 0 Å². The highest BCUT2D eigenvalue weighted by Crippen LogP contribution is 2.26. The SMILES string of the molecule is CCC1CCCCN1c1cc(NCCCN(C)C)nc(C)n1. The normalized spacial score (nSPS) is 18.8. The van der Waals surface area contributed by atoms with Crippen LogP contribution in [-0.4, -0.2) is 54.6 Å². The summed E-state index contributed by atoms with van der Waals surface area (Å²) >= 11 is 0. The molecule has 0 spiro atoms. The molecule has 1 atom stereocenters. The lowest BCUT2D eigenvalue weighted by Gasteiger charge is -2.36. The zero-order valence-electron chi connectivity index (χ0n) is 14.6. The van der Waals surface area contributed by atoms with Crippen LogP contribution in [0.15, 0.2) is 6.07 Å². The molecule has 0 radical (unpaired) electrons. The van der Waals surface area contributed by atoms with Crippen LogP contribution in [0.3, 0.4) is 0 Å². The van der Waals surface area contributed by atoms with Crippen LogP contribution in [0.1, 0.15) is 44.9 Å². The topological polar surface area (TPSA) is 44.3 Å². The number of hydrogen-bond donors (Lipinski definition) is 1. The number of anilines is 2. The molecule has 1 aromatic heterocycles. The molecular weight excluding hydrogens is 274 g/mol. The molecule has 0 saturated carbocycles. The molecule has 2 rings (SSSR count). The Kier molecular flexibility index (Phi) is 6.43. The lowest BCUT2D eigenvalue weighted by atomic mass is 10.00. The van der Waals surface area contributed by atoms with E-state index in [1.54, 1.807) is 0 Å². The Labute approximate surface area is 135 Å². The van der Waals surface area contributed by atoms with E-state index in [4.69, 9.17) is 0 Å². The number of piperidine rings is 1. The quantitative estimate of drug-likeness (QED) is 0.785. The standard InChI is InChI=1S/C17H31N5/c1-5-15-9-6-7-12-22(15)17-13-16(19-14(2)20-17)18-10-8-11-21(3)4/h13,15H,5-12H2,1-4H3,(H,18,19,20). The number of nitrogens with one attached hydrogen (secondary N) is 1. The molecule has 5 heteroatoms. The van der Waals surface area contributed by atoms with E-state index in [-0.39, 0.29) is 0 Å². The summed E-state index contributed by atoms with van der Waals surface area (Å²) in [5.74, 6) is 2.91. The molecule has 0 aliphatic carbocycles. The van der Waals surface area contributed by atoms with Crippen LogP contribution < -0.4 is 10.2 Å². The summed E-state index contributed by atoms with van der Waals surface area (Å²) in [5.41, 5.74) is 0. The fourth-order valence-electron chi connectivity index (χ4n) is 3.13. The molecule has 1 unspecified atom stereocenters. The Morgan fingerprint density at radius 3 is 2.86 bits per heavy atom. The van der Waals surface area contributed by atoms with Crippen LogP contribution in [0.4, 0.5) is 11.6 Å². The van der Waals surface area contributed by atoms with E-state index in [0.29, 0.717) is 6.04 Å². The zero-order valence-corrected chi connectivity index (χ0v) is 14.6. The van der Waals surface area contributed by atoms with Gasteiger partial charge in [0.05, 0.1) is 0 Å². The van der Waals surface area contributed by atoms with Crippen molar-refractivity contribution in [2.75, 3.05) is 43.9 Å². The van der Waals surface area contributed by atoms with E-state index in [0.717, 1.165) is 43.5 Å². The van der Waals surface area contributed by atoms with Gasteiger partial charge in [-0.2, -0.15) is 0 Å². The second kappa shape index (κ2) is 8.32. The molecular formula is C17H31N5. The van der Waals surface area contributed by atoms with Crippen LogP contribution in [0.25, 0.3) is 0 Å². The van der Waals surface area contributed by atoms with E-state index < -0.39 is 0 Å². The molecule has 0 bridgehead atoms. The molecule has 1 aromatic rings. The first-order valence-corrected chi connectivity index (χ1v) is 8.61. The van der Waals surface area contributed by atoms with Gasteiger partial charge in [-0.3, -0.25) is 0 Å². The highest BCUT2D eigenvalue weighted by Gasteiger charge is 2.22. The van der Waals surface area contributed by atoms with Gasteiger partial charge in [-0.15, -0.1) is 0 Å². The van der Waals surface area contributed by atoms with Crippen molar-refractivity contribution in [2.45, 2.75) is 52.0 Å². The van der Waals surface area contributed by atoms with Gasteiger partial charge in [0, 0.05) is 25.2 Å². The molecule has 0 amide bonds. The third-order valence-electron chi connectivity index (χ3n) is 4.31. The smallest absolute Gasteiger partial charge is 0.134 e. The maximum absolute atomic E-state index is 4.68. The third-order valence-corrected chi connectivity index (χ3v) is 4.31. The average molecular weight is 305 g/mol. The molecule has 1 fully saturated rings. The molecule has 5 nitrogen and oxygen atoms in total. The van der Waals surface area contributed by atoms with E-state index >= 15 is 0 Å². The fraction of sp³-hybridized carbons (Fsp3) is 0.765. The van der Waals surface area contributed by atoms with E-state index in [1.807, 2.05) is 6.92 Å². The Morgan fingerprint density at radius 2 is 2.14 bits per heavy atom.